The van der Waals surface area contributed by atoms with E-state index in [2.05, 4.69) is 13.8 Å². The van der Waals surface area contributed by atoms with Gasteiger partial charge in [-0.25, -0.2) is 8.78 Å². The minimum Gasteiger partial charge on any atom is -0.490 e. The number of benzene rings is 2. The molecule has 0 amide bonds. The van der Waals surface area contributed by atoms with Gasteiger partial charge in [0.1, 0.15) is 0 Å². The summed E-state index contributed by atoms with van der Waals surface area (Å²) in [6.45, 7) is 5.34. The van der Waals surface area contributed by atoms with Crippen molar-refractivity contribution >= 4 is 31.5 Å². The Morgan fingerprint density at radius 3 is 1.97 bits per heavy atom. The van der Waals surface area contributed by atoms with Crippen molar-refractivity contribution in [3.05, 3.63) is 35.9 Å². The predicted octanol–water partition coefficient (Wildman–Crippen LogP) is 8.50. The van der Waals surface area contributed by atoms with Gasteiger partial charge in [0.15, 0.2) is 23.1 Å². The fraction of sp³-hybridized carbons (Fsp3) is 0.538. The summed E-state index contributed by atoms with van der Waals surface area (Å²) < 4.78 is 42.6. The molecule has 1 aliphatic carbocycles. The van der Waals surface area contributed by atoms with Gasteiger partial charge in [-0.15, -0.1) is 11.3 Å². The van der Waals surface area contributed by atoms with Crippen molar-refractivity contribution in [1.29, 1.82) is 0 Å². The highest BCUT2D eigenvalue weighted by molar-refractivity contribution is 7.25. The highest BCUT2D eigenvalue weighted by Crippen LogP contribution is 2.42. The molecule has 0 spiro atoms. The van der Waals surface area contributed by atoms with Crippen LogP contribution in [0.3, 0.4) is 0 Å². The van der Waals surface area contributed by atoms with Crippen molar-refractivity contribution < 1.29 is 18.3 Å². The van der Waals surface area contributed by atoms with Crippen molar-refractivity contribution in [1.82, 2.24) is 0 Å². The van der Waals surface area contributed by atoms with Gasteiger partial charge in [-0.2, -0.15) is 0 Å². The molecule has 0 N–H and O–H groups in total. The molecule has 1 fully saturated rings. The number of fused-ring (bicyclic) bond motifs is 3. The van der Waals surface area contributed by atoms with Gasteiger partial charge in [0.05, 0.1) is 22.6 Å². The Balaban J connectivity index is 1.50. The lowest BCUT2D eigenvalue weighted by molar-refractivity contribution is 0.175. The van der Waals surface area contributed by atoms with E-state index in [1.807, 2.05) is 12.1 Å². The van der Waals surface area contributed by atoms with Crippen molar-refractivity contribution in [2.24, 2.45) is 11.8 Å². The van der Waals surface area contributed by atoms with Crippen LogP contribution in [0.15, 0.2) is 24.3 Å². The van der Waals surface area contributed by atoms with Gasteiger partial charge in [-0.3, -0.25) is 0 Å². The zero-order valence-electron chi connectivity index (χ0n) is 18.5. The van der Waals surface area contributed by atoms with Crippen molar-refractivity contribution in [3.63, 3.8) is 0 Å². The van der Waals surface area contributed by atoms with Crippen LogP contribution < -0.4 is 9.47 Å². The standard InChI is InChI=1S/C26H32F2O2S/c1-3-5-15-29-21-13-11-19-20-12-14-22(24(28)26(20)31-25(19)23(21)27)30-16-18-9-7-17(6-4-2)8-10-18/h11-14,17-18H,3-10,15-16H2,1-2H3. The minimum absolute atomic E-state index is 0.239. The number of rotatable bonds is 9. The highest BCUT2D eigenvalue weighted by Gasteiger charge is 2.22. The van der Waals surface area contributed by atoms with E-state index in [1.165, 1.54) is 25.7 Å². The third-order valence-electron chi connectivity index (χ3n) is 6.51. The van der Waals surface area contributed by atoms with Crippen LogP contribution in [0, 0.1) is 23.5 Å². The lowest BCUT2D eigenvalue weighted by Gasteiger charge is -2.28. The average molecular weight is 447 g/mol. The predicted molar refractivity (Wildman–Crippen MR) is 126 cm³/mol. The van der Waals surface area contributed by atoms with E-state index < -0.39 is 5.82 Å². The maximum atomic E-state index is 15.2. The number of thiophene rings is 1. The summed E-state index contributed by atoms with van der Waals surface area (Å²) in [4.78, 5) is 0. The molecule has 1 saturated carbocycles. The number of hydrogen-bond acceptors (Lipinski definition) is 3. The number of ether oxygens (including phenoxy) is 2. The Morgan fingerprint density at radius 2 is 1.39 bits per heavy atom. The van der Waals surface area contributed by atoms with Gasteiger partial charge in [0, 0.05) is 10.8 Å². The van der Waals surface area contributed by atoms with Crippen molar-refractivity contribution in [3.8, 4) is 11.5 Å². The summed E-state index contributed by atoms with van der Waals surface area (Å²) in [5.41, 5.74) is 0. The highest BCUT2D eigenvalue weighted by atomic mass is 32.1. The molecule has 1 aliphatic rings. The summed E-state index contributed by atoms with van der Waals surface area (Å²) >= 11 is 1.14. The van der Waals surface area contributed by atoms with Crippen molar-refractivity contribution in [2.75, 3.05) is 13.2 Å². The first kappa shape index (κ1) is 22.3. The number of halogens is 2. The molecule has 1 aromatic heterocycles. The summed E-state index contributed by atoms with van der Waals surface area (Å²) in [6.07, 6.45) is 9.24. The molecule has 2 aromatic carbocycles. The zero-order chi connectivity index (χ0) is 21.8. The van der Waals surface area contributed by atoms with E-state index in [4.69, 9.17) is 9.47 Å². The number of unbranched alkanes of at least 4 members (excludes halogenated alkanes) is 1. The Bertz CT molecular complexity index is 1020. The van der Waals surface area contributed by atoms with Crippen LogP contribution >= 0.6 is 11.3 Å². The molecule has 1 heterocycles. The van der Waals surface area contributed by atoms with Gasteiger partial charge in [-0.05, 0) is 55.4 Å². The van der Waals surface area contributed by atoms with E-state index in [0.29, 0.717) is 28.5 Å². The van der Waals surface area contributed by atoms with Crippen LogP contribution in [0.1, 0.15) is 65.2 Å². The van der Waals surface area contributed by atoms with Crippen LogP contribution in [0.5, 0.6) is 11.5 Å². The maximum absolute atomic E-state index is 15.2. The Labute approximate surface area is 187 Å². The van der Waals surface area contributed by atoms with E-state index in [9.17, 15) is 4.39 Å². The maximum Gasteiger partial charge on any atom is 0.182 e. The van der Waals surface area contributed by atoms with E-state index >= 15 is 4.39 Å². The van der Waals surface area contributed by atoms with Crippen LogP contribution in [0.2, 0.25) is 0 Å². The first-order valence-corrected chi connectivity index (χ1v) is 12.5. The second kappa shape index (κ2) is 10.2. The number of hydrogen-bond donors (Lipinski definition) is 0. The normalized spacial score (nSPS) is 19.2. The lowest BCUT2D eigenvalue weighted by Crippen LogP contribution is -2.20. The monoisotopic (exact) mass is 446 g/mol. The second-order valence-corrected chi connectivity index (χ2v) is 9.82. The molecular weight excluding hydrogens is 414 g/mol. The van der Waals surface area contributed by atoms with Crippen LogP contribution in [-0.4, -0.2) is 13.2 Å². The van der Waals surface area contributed by atoms with E-state index in [0.717, 1.165) is 53.7 Å². The van der Waals surface area contributed by atoms with Gasteiger partial charge in [0.25, 0.3) is 0 Å². The molecule has 0 radical (unpaired) electrons. The largest absolute Gasteiger partial charge is 0.490 e. The Hall–Kier alpha value is -1.88. The molecule has 2 nitrogen and oxygen atoms in total. The molecule has 3 aromatic rings. The molecule has 0 aliphatic heterocycles. The second-order valence-electron chi connectivity index (χ2n) is 8.80. The Morgan fingerprint density at radius 1 is 0.806 bits per heavy atom. The molecule has 31 heavy (non-hydrogen) atoms. The van der Waals surface area contributed by atoms with E-state index in [1.54, 1.807) is 12.1 Å². The lowest BCUT2D eigenvalue weighted by atomic mass is 9.80. The quantitative estimate of drug-likeness (QED) is 0.307. The third-order valence-corrected chi connectivity index (χ3v) is 7.72. The molecule has 4 rings (SSSR count). The smallest absolute Gasteiger partial charge is 0.182 e. The third kappa shape index (κ3) is 4.82. The summed E-state index contributed by atoms with van der Waals surface area (Å²) in [5.74, 6) is 1.06. The Kier molecular flexibility index (Phi) is 7.31. The molecule has 0 unspecified atom stereocenters. The molecule has 168 valence electrons. The average Bonchev–Trinajstić information content (AvgIpc) is 3.17. The van der Waals surface area contributed by atoms with E-state index in [-0.39, 0.29) is 17.3 Å². The van der Waals surface area contributed by atoms with Crippen LogP contribution in [0.4, 0.5) is 8.78 Å². The van der Waals surface area contributed by atoms with Crippen LogP contribution in [-0.2, 0) is 0 Å². The summed E-state index contributed by atoms with van der Waals surface area (Å²) in [7, 11) is 0. The molecule has 0 atom stereocenters. The van der Waals surface area contributed by atoms with Gasteiger partial charge in [0.2, 0.25) is 0 Å². The van der Waals surface area contributed by atoms with Gasteiger partial charge >= 0.3 is 0 Å². The summed E-state index contributed by atoms with van der Waals surface area (Å²) in [6, 6.07) is 7.02. The first-order valence-electron chi connectivity index (χ1n) is 11.7. The molecule has 5 heteroatoms. The molecule has 0 saturated heterocycles. The fourth-order valence-electron chi connectivity index (χ4n) is 4.65. The molecular formula is C26H32F2O2S. The topological polar surface area (TPSA) is 18.5 Å². The van der Waals surface area contributed by atoms with Gasteiger partial charge < -0.3 is 9.47 Å². The fourth-order valence-corrected chi connectivity index (χ4v) is 5.81. The van der Waals surface area contributed by atoms with Crippen molar-refractivity contribution in [2.45, 2.75) is 65.2 Å². The van der Waals surface area contributed by atoms with Crippen LogP contribution in [0.25, 0.3) is 20.2 Å². The molecule has 0 bridgehead atoms. The van der Waals surface area contributed by atoms with Gasteiger partial charge in [-0.1, -0.05) is 46.0 Å². The minimum atomic E-state index is -0.402. The summed E-state index contributed by atoms with van der Waals surface area (Å²) in [5, 5.41) is 1.45. The first-order chi connectivity index (χ1) is 15.1. The SMILES string of the molecule is CCCCOc1ccc2c(sc3c(F)c(OCC4CCC(CCC)CC4)ccc32)c1F. The zero-order valence-corrected chi connectivity index (χ0v) is 19.3.